The zero-order valence-electron chi connectivity index (χ0n) is 13.5. The van der Waals surface area contributed by atoms with Gasteiger partial charge in [-0.25, -0.2) is 0 Å². The van der Waals surface area contributed by atoms with Crippen LogP contribution in [0.4, 0.5) is 6.01 Å². The molecule has 2 heterocycles. The van der Waals surface area contributed by atoms with Crippen LogP contribution in [-0.4, -0.2) is 47.2 Å². The summed E-state index contributed by atoms with van der Waals surface area (Å²) in [5, 5.41) is 9.01. The van der Waals surface area contributed by atoms with E-state index < -0.39 is 0 Å². The summed E-state index contributed by atoms with van der Waals surface area (Å²) in [6.07, 6.45) is 0. The highest BCUT2D eigenvalue weighted by atomic mass is 35.5. The second kappa shape index (κ2) is 6.99. The van der Waals surface area contributed by atoms with Crippen molar-refractivity contribution >= 4 is 35.1 Å². The normalized spacial score (nSPS) is 15.2. The number of halogens is 2. The van der Waals surface area contributed by atoms with E-state index in [0.717, 1.165) is 0 Å². The fourth-order valence-electron chi connectivity index (χ4n) is 2.52. The van der Waals surface area contributed by atoms with Crippen LogP contribution in [0.5, 0.6) is 0 Å². The molecule has 2 aromatic rings. The Labute approximate surface area is 150 Å². The summed E-state index contributed by atoms with van der Waals surface area (Å²) >= 11 is 12.0. The largest absolute Gasteiger partial charge is 0.408 e. The SMILES string of the molecule is CC(C)c1nnc(N2CCN(C(=O)c3ccc(Cl)cc3Cl)CC2)o1. The van der Waals surface area contributed by atoms with Crippen LogP contribution < -0.4 is 4.90 Å². The maximum Gasteiger partial charge on any atom is 0.318 e. The highest BCUT2D eigenvalue weighted by Gasteiger charge is 2.26. The molecule has 24 heavy (non-hydrogen) atoms. The van der Waals surface area contributed by atoms with E-state index in [2.05, 4.69) is 10.2 Å². The highest BCUT2D eigenvalue weighted by Crippen LogP contribution is 2.24. The summed E-state index contributed by atoms with van der Waals surface area (Å²) in [4.78, 5) is 16.4. The Bertz CT molecular complexity index is 739. The molecule has 6 nitrogen and oxygen atoms in total. The number of benzene rings is 1. The summed E-state index contributed by atoms with van der Waals surface area (Å²) in [5.74, 6) is 0.724. The number of hydrogen-bond acceptors (Lipinski definition) is 5. The lowest BCUT2D eigenvalue weighted by molar-refractivity contribution is 0.0745. The molecular weight excluding hydrogens is 351 g/mol. The Hall–Kier alpha value is -1.79. The van der Waals surface area contributed by atoms with Gasteiger partial charge in [-0.3, -0.25) is 4.79 Å². The minimum absolute atomic E-state index is 0.0929. The molecule has 1 aliphatic rings. The fourth-order valence-corrected chi connectivity index (χ4v) is 3.01. The number of amides is 1. The van der Waals surface area contributed by atoms with Crippen molar-refractivity contribution in [2.75, 3.05) is 31.1 Å². The van der Waals surface area contributed by atoms with Crippen LogP contribution in [0.25, 0.3) is 0 Å². The number of carbonyl (C=O) groups excluding carboxylic acids is 1. The lowest BCUT2D eigenvalue weighted by Crippen LogP contribution is -2.49. The van der Waals surface area contributed by atoms with Crippen molar-refractivity contribution < 1.29 is 9.21 Å². The van der Waals surface area contributed by atoms with Crippen molar-refractivity contribution in [3.63, 3.8) is 0 Å². The van der Waals surface area contributed by atoms with E-state index in [9.17, 15) is 4.79 Å². The Morgan fingerprint density at radius 3 is 2.46 bits per heavy atom. The van der Waals surface area contributed by atoms with Crippen molar-refractivity contribution in [1.82, 2.24) is 15.1 Å². The second-order valence-corrected chi connectivity index (χ2v) is 6.82. The third kappa shape index (κ3) is 3.49. The number of hydrogen-bond donors (Lipinski definition) is 0. The monoisotopic (exact) mass is 368 g/mol. The van der Waals surface area contributed by atoms with E-state index >= 15 is 0 Å². The molecule has 128 valence electrons. The summed E-state index contributed by atoms with van der Waals surface area (Å²) < 4.78 is 5.66. The number of anilines is 1. The summed E-state index contributed by atoms with van der Waals surface area (Å²) in [7, 11) is 0. The van der Waals surface area contributed by atoms with E-state index in [0.29, 0.717) is 53.7 Å². The summed E-state index contributed by atoms with van der Waals surface area (Å²) in [6, 6.07) is 5.42. The second-order valence-electron chi connectivity index (χ2n) is 5.98. The third-order valence-electron chi connectivity index (χ3n) is 3.92. The molecule has 0 atom stereocenters. The van der Waals surface area contributed by atoms with E-state index in [-0.39, 0.29) is 11.8 Å². The molecule has 1 aromatic heterocycles. The van der Waals surface area contributed by atoms with Crippen molar-refractivity contribution in [3.8, 4) is 0 Å². The van der Waals surface area contributed by atoms with Crippen LogP contribution in [-0.2, 0) is 0 Å². The predicted octanol–water partition coefficient (Wildman–Crippen LogP) is 3.46. The Balaban J connectivity index is 1.64. The van der Waals surface area contributed by atoms with Gasteiger partial charge < -0.3 is 14.2 Å². The molecule has 0 N–H and O–H groups in total. The molecule has 0 bridgehead atoms. The van der Waals surface area contributed by atoms with Gasteiger partial charge in [0.05, 0.1) is 10.6 Å². The van der Waals surface area contributed by atoms with Crippen LogP contribution in [0, 0.1) is 0 Å². The van der Waals surface area contributed by atoms with Gasteiger partial charge in [-0.2, -0.15) is 0 Å². The molecule has 1 aliphatic heterocycles. The molecule has 0 aliphatic carbocycles. The molecular formula is C16H18Cl2N4O2. The topological polar surface area (TPSA) is 62.5 Å². The quantitative estimate of drug-likeness (QED) is 0.829. The predicted molar refractivity (Wildman–Crippen MR) is 93.0 cm³/mol. The van der Waals surface area contributed by atoms with E-state index in [1.165, 1.54) is 0 Å². The summed E-state index contributed by atoms with van der Waals surface area (Å²) in [6.45, 7) is 6.41. The van der Waals surface area contributed by atoms with Gasteiger partial charge in [0.2, 0.25) is 5.89 Å². The average Bonchev–Trinajstić information content (AvgIpc) is 3.05. The average molecular weight is 369 g/mol. The molecule has 0 unspecified atom stereocenters. The van der Waals surface area contributed by atoms with Crippen LogP contribution in [0.15, 0.2) is 22.6 Å². The van der Waals surface area contributed by atoms with Gasteiger partial charge in [0, 0.05) is 37.1 Å². The first-order chi connectivity index (χ1) is 11.5. The number of carbonyl (C=O) groups is 1. The molecule has 0 spiro atoms. The first-order valence-electron chi connectivity index (χ1n) is 7.78. The highest BCUT2D eigenvalue weighted by molar-refractivity contribution is 6.36. The third-order valence-corrected chi connectivity index (χ3v) is 4.47. The smallest absolute Gasteiger partial charge is 0.318 e. The Kier molecular flexibility index (Phi) is 4.96. The Morgan fingerprint density at radius 1 is 1.17 bits per heavy atom. The van der Waals surface area contributed by atoms with Gasteiger partial charge in [0.1, 0.15) is 0 Å². The van der Waals surface area contributed by atoms with Gasteiger partial charge in [-0.05, 0) is 18.2 Å². The maximum atomic E-state index is 12.6. The minimum Gasteiger partial charge on any atom is -0.408 e. The van der Waals surface area contributed by atoms with E-state index in [4.69, 9.17) is 27.6 Å². The number of nitrogens with zero attached hydrogens (tertiary/aromatic N) is 4. The minimum atomic E-state index is -0.0929. The van der Waals surface area contributed by atoms with Crippen molar-refractivity contribution in [2.24, 2.45) is 0 Å². The zero-order valence-corrected chi connectivity index (χ0v) is 15.0. The molecule has 3 rings (SSSR count). The summed E-state index contributed by atoms with van der Waals surface area (Å²) in [5.41, 5.74) is 0.467. The van der Waals surface area contributed by atoms with E-state index in [1.807, 2.05) is 18.7 Å². The molecule has 1 saturated heterocycles. The van der Waals surface area contributed by atoms with Gasteiger partial charge in [-0.15, -0.1) is 5.10 Å². The first-order valence-corrected chi connectivity index (χ1v) is 8.54. The van der Waals surface area contributed by atoms with Gasteiger partial charge in [0.25, 0.3) is 5.91 Å². The Morgan fingerprint density at radius 2 is 1.88 bits per heavy atom. The first kappa shape index (κ1) is 17.0. The number of piperazine rings is 1. The maximum absolute atomic E-state index is 12.6. The van der Waals surface area contributed by atoms with Crippen LogP contribution in [0.3, 0.4) is 0 Å². The van der Waals surface area contributed by atoms with Crippen LogP contribution in [0.1, 0.15) is 36.0 Å². The zero-order chi connectivity index (χ0) is 17.3. The van der Waals surface area contributed by atoms with Crippen molar-refractivity contribution in [1.29, 1.82) is 0 Å². The lowest BCUT2D eigenvalue weighted by Gasteiger charge is -2.33. The molecule has 0 saturated carbocycles. The van der Waals surface area contributed by atoms with Gasteiger partial charge >= 0.3 is 6.01 Å². The number of aromatic nitrogens is 2. The van der Waals surface area contributed by atoms with Crippen molar-refractivity contribution in [3.05, 3.63) is 39.7 Å². The van der Waals surface area contributed by atoms with E-state index in [1.54, 1.807) is 23.1 Å². The van der Waals surface area contributed by atoms with Gasteiger partial charge in [-0.1, -0.05) is 42.1 Å². The molecule has 8 heteroatoms. The fraction of sp³-hybridized carbons (Fsp3) is 0.438. The van der Waals surface area contributed by atoms with Crippen molar-refractivity contribution in [2.45, 2.75) is 19.8 Å². The number of rotatable bonds is 3. The van der Waals surface area contributed by atoms with Crippen LogP contribution in [0.2, 0.25) is 10.0 Å². The van der Waals surface area contributed by atoms with Crippen LogP contribution >= 0.6 is 23.2 Å². The molecule has 0 radical (unpaired) electrons. The molecule has 1 amide bonds. The standard InChI is InChI=1S/C16H18Cl2N4O2/c1-10(2)14-19-20-16(24-14)22-7-5-21(6-8-22)15(23)12-4-3-11(17)9-13(12)18/h3-4,9-10H,5-8H2,1-2H3. The molecule has 1 aromatic carbocycles. The molecule has 1 fully saturated rings. The lowest BCUT2D eigenvalue weighted by atomic mass is 10.2. The van der Waals surface area contributed by atoms with Gasteiger partial charge in [0.15, 0.2) is 0 Å².